The first-order valence-corrected chi connectivity index (χ1v) is 6.21. The van der Waals surface area contributed by atoms with E-state index in [4.69, 9.17) is 0 Å². The Kier molecular flexibility index (Phi) is 2.28. The van der Waals surface area contributed by atoms with Crippen molar-refractivity contribution in [2.75, 3.05) is 0 Å². The third-order valence-electron chi connectivity index (χ3n) is 3.55. The highest BCUT2D eigenvalue weighted by Crippen LogP contribution is 2.52. The molecule has 3 heteroatoms. The smallest absolute Gasteiger partial charge is 0.161 e. The molecule has 3 nitrogen and oxygen atoms in total. The molecule has 0 bridgehead atoms. The number of aromatic nitrogens is 3. The summed E-state index contributed by atoms with van der Waals surface area (Å²) in [5, 5.41) is 7.47. The molecular formula is C14H17N3. The Labute approximate surface area is 101 Å². The fourth-order valence-corrected chi connectivity index (χ4v) is 2.27. The molecule has 0 radical (unpaired) electrons. The van der Waals surface area contributed by atoms with Crippen molar-refractivity contribution in [1.82, 2.24) is 15.2 Å². The number of nitrogens with one attached hydrogen (secondary N) is 1. The molecule has 0 saturated heterocycles. The monoisotopic (exact) mass is 227 g/mol. The van der Waals surface area contributed by atoms with E-state index in [1.807, 2.05) is 0 Å². The van der Waals surface area contributed by atoms with Gasteiger partial charge in [0.15, 0.2) is 5.82 Å². The second kappa shape index (κ2) is 3.69. The lowest BCUT2D eigenvalue weighted by molar-refractivity contribution is 0.755. The van der Waals surface area contributed by atoms with Crippen LogP contribution in [-0.2, 0) is 5.41 Å². The van der Waals surface area contributed by atoms with Crippen LogP contribution in [-0.4, -0.2) is 15.2 Å². The van der Waals surface area contributed by atoms with Gasteiger partial charge in [0, 0.05) is 5.92 Å². The number of H-pyrrole nitrogens is 1. The number of aromatic amines is 1. The lowest BCUT2D eigenvalue weighted by atomic mass is 9.95. The first-order chi connectivity index (χ1) is 8.22. The fourth-order valence-electron chi connectivity index (χ4n) is 2.27. The third kappa shape index (κ3) is 1.66. The molecule has 17 heavy (non-hydrogen) atoms. The zero-order valence-corrected chi connectivity index (χ0v) is 10.3. The van der Waals surface area contributed by atoms with Crippen LogP contribution < -0.4 is 0 Å². The van der Waals surface area contributed by atoms with Crippen LogP contribution >= 0.6 is 0 Å². The summed E-state index contributed by atoms with van der Waals surface area (Å²) in [5.41, 5.74) is 1.43. The third-order valence-corrected chi connectivity index (χ3v) is 3.55. The van der Waals surface area contributed by atoms with E-state index >= 15 is 0 Å². The quantitative estimate of drug-likeness (QED) is 0.875. The molecule has 2 aromatic rings. The first kappa shape index (κ1) is 10.5. The minimum atomic E-state index is 0.0882. The molecule has 0 amide bonds. The summed E-state index contributed by atoms with van der Waals surface area (Å²) in [4.78, 5) is 4.65. The molecular weight excluding hydrogens is 210 g/mol. The molecule has 3 rings (SSSR count). The summed E-state index contributed by atoms with van der Waals surface area (Å²) in [6, 6.07) is 10.6. The van der Waals surface area contributed by atoms with E-state index < -0.39 is 0 Å². The van der Waals surface area contributed by atoms with Crippen molar-refractivity contribution in [2.24, 2.45) is 0 Å². The minimum absolute atomic E-state index is 0.0882. The highest BCUT2D eigenvalue weighted by Gasteiger charge is 2.49. The Hall–Kier alpha value is -1.64. The number of benzene rings is 1. The molecule has 0 aliphatic heterocycles. The molecule has 0 unspecified atom stereocenters. The maximum atomic E-state index is 4.65. The molecule has 1 aliphatic carbocycles. The summed E-state index contributed by atoms with van der Waals surface area (Å²) in [5.74, 6) is 2.36. The maximum absolute atomic E-state index is 4.65. The van der Waals surface area contributed by atoms with Gasteiger partial charge in [-0.1, -0.05) is 44.2 Å². The average molecular weight is 227 g/mol. The van der Waals surface area contributed by atoms with Crippen LogP contribution in [0, 0.1) is 0 Å². The van der Waals surface area contributed by atoms with Crippen molar-refractivity contribution in [2.45, 2.75) is 38.0 Å². The summed E-state index contributed by atoms with van der Waals surface area (Å²) >= 11 is 0. The minimum Gasteiger partial charge on any atom is -0.263 e. The predicted octanol–water partition coefficient (Wildman–Crippen LogP) is 3.01. The molecule has 0 spiro atoms. The van der Waals surface area contributed by atoms with E-state index in [1.165, 1.54) is 5.56 Å². The van der Waals surface area contributed by atoms with Gasteiger partial charge in [-0.25, -0.2) is 4.98 Å². The van der Waals surface area contributed by atoms with Gasteiger partial charge in [-0.05, 0) is 18.4 Å². The van der Waals surface area contributed by atoms with Gasteiger partial charge in [-0.3, -0.25) is 5.10 Å². The molecule has 1 fully saturated rings. The molecule has 1 aromatic carbocycles. The predicted molar refractivity (Wildman–Crippen MR) is 66.9 cm³/mol. The normalized spacial score (nSPS) is 17.4. The van der Waals surface area contributed by atoms with Crippen LogP contribution in [0.1, 0.15) is 49.8 Å². The van der Waals surface area contributed by atoms with Crippen molar-refractivity contribution in [1.29, 1.82) is 0 Å². The summed E-state index contributed by atoms with van der Waals surface area (Å²) in [7, 11) is 0. The lowest BCUT2D eigenvalue weighted by Crippen LogP contribution is -2.10. The van der Waals surface area contributed by atoms with Gasteiger partial charge in [0.1, 0.15) is 5.82 Å². The van der Waals surface area contributed by atoms with Crippen LogP contribution in [0.5, 0.6) is 0 Å². The number of hydrogen-bond donors (Lipinski definition) is 1. The van der Waals surface area contributed by atoms with Crippen LogP contribution in [0.15, 0.2) is 30.3 Å². The molecule has 1 aliphatic rings. The van der Waals surface area contributed by atoms with E-state index in [0.717, 1.165) is 24.5 Å². The summed E-state index contributed by atoms with van der Waals surface area (Å²) in [6.07, 6.45) is 2.32. The second-order valence-electron chi connectivity index (χ2n) is 5.15. The van der Waals surface area contributed by atoms with Gasteiger partial charge in [0.05, 0.1) is 5.41 Å². The highest BCUT2D eigenvalue weighted by atomic mass is 15.2. The van der Waals surface area contributed by atoms with E-state index in [2.05, 4.69) is 59.4 Å². The SMILES string of the molecule is CC(C)c1nc(C2(c3ccccc3)CC2)n[nH]1. The van der Waals surface area contributed by atoms with Crippen LogP contribution in [0.3, 0.4) is 0 Å². The first-order valence-electron chi connectivity index (χ1n) is 6.21. The van der Waals surface area contributed by atoms with Gasteiger partial charge in [-0.15, -0.1) is 0 Å². The zero-order chi connectivity index (χ0) is 11.9. The largest absolute Gasteiger partial charge is 0.263 e. The topological polar surface area (TPSA) is 41.6 Å². The van der Waals surface area contributed by atoms with Crippen molar-refractivity contribution in [3.05, 3.63) is 47.5 Å². The van der Waals surface area contributed by atoms with Gasteiger partial charge in [0.25, 0.3) is 0 Å². The number of rotatable bonds is 3. The molecule has 1 N–H and O–H groups in total. The van der Waals surface area contributed by atoms with Gasteiger partial charge >= 0.3 is 0 Å². The Morgan fingerprint density at radius 2 is 1.88 bits per heavy atom. The van der Waals surface area contributed by atoms with Crippen molar-refractivity contribution < 1.29 is 0 Å². The Morgan fingerprint density at radius 3 is 2.41 bits per heavy atom. The fraction of sp³-hybridized carbons (Fsp3) is 0.429. The molecule has 1 aromatic heterocycles. The maximum Gasteiger partial charge on any atom is 0.161 e. The van der Waals surface area contributed by atoms with Crippen molar-refractivity contribution in [3.63, 3.8) is 0 Å². The Morgan fingerprint density at radius 1 is 1.18 bits per heavy atom. The molecule has 1 heterocycles. The van der Waals surface area contributed by atoms with Crippen LogP contribution in [0.2, 0.25) is 0 Å². The average Bonchev–Trinajstić information content (AvgIpc) is 3.00. The Bertz CT molecular complexity index is 509. The molecule has 0 atom stereocenters. The highest BCUT2D eigenvalue weighted by molar-refractivity contribution is 5.38. The van der Waals surface area contributed by atoms with E-state index in [1.54, 1.807) is 0 Å². The van der Waals surface area contributed by atoms with Crippen molar-refractivity contribution in [3.8, 4) is 0 Å². The summed E-state index contributed by atoms with van der Waals surface area (Å²) < 4.78 is 0. The van der Waals surface area contributed by atoms with Gasteiger partial charge in [-0.2, -0.15) is 5.10 Å². The van der Waals surface area contributed by atoms with E-state index in [0.29, 0.717) is 5.92 Å². The van der Waals surface area contributed by atoms with E-state index in [-0.39, 0.29) is 5.41 Å². The zero-order valence-electron chi connectivity index (χ0n) is 10.3. The van der Waals surface area contributed by atoms with Crippen LogP contribution in [0.4, 0.5) is 0 Å². The summed E-state index contributed by atoms with van der Waals surface area (Å²) in [6.45, 7) is 4.26. The van der Waals surface area contributed by atoms with Crippen molar-refractivity contribution >= 4 is 0 Å². The van der Waals surface area contributed by atoms with Gasteiger partial charge < -0.3 is 0 Å². The number of nitrogens with zero attached hydrogens (tertiary/aromatic N) is 2. The lowest BCUT2D eigenvalue weighted by Gasteiger charge is -2.10. The Balaban J connectivity index is 1.98. The standard InChI is InChI=1S/C14H17N3/c1-10(2)12-15-13(17-16-12)14(8-9-14)11-6-4-3-5-7-11/h3-7,10H,8-9H2,1-2H3,(H,15,16,17). The second-order valence-corrected chi connectivity index (χ2v) is 5.15. The molecule has 1 saturated carbocycles. The van der Waals surface area contributed by atoms with Crippen LogP contribution in [0.25, 0.3) is 0 Å². The van der Waals surface area contributed by atoms with E-state index in [9.17, 15) is 0 Å². The number of hydrogen-bond acceptors (Lipinski definition) is 2. The van der Waals surface area contributed by atoms with Gasteiger partial charge in [0.2, 0.25) is 0 Å². The molecule has 88 valence electrons.